The molecule has 2 aliphatic carbocycles. The molecule has 0 aromatic rings. The number of hydrogen-bond donors (Lipinski definition) is 1. The number of carbonyl (C=O) groups is 1. The van der Waals surface area contributed by atoms with Gasteiger partial charge in [-0.05, 0) is 31.1 Å². The van der Waals surface area contributed by atoms with Crippen molar-refractivity contribution in [1.82, 2.24) is 0 Å². The van der Waals surface area contributed by atoms with E-state index >= 15 is 0 Å². The lowest BCUT2D eigenvalue weighted by atomic mass is 9.75. The van der Waals surface area contributed by atoms with Crippen LogP contribution < -0.4 is 0 Å². The number of alkyl halides is 2. The number of carboxylic acid groups (broad SMARTS) is 1. The van der Waals surface area contributed by atoms with E-state index in [9.17, 15) is 13.6 Å². The fraction of sp³-hybridized carbons (Fsp3) is 0.900. The van der Waals surface area contributed by atoms with Gasteiger partial charge in [0, 0.05) is 12.8 Å². The van der Waals surface area contributed by atoms with Crippen molar-refractivity contribution in [2.24, 2.45) is 17.8 Å². The van der Waals surface area contributed by atoms with E-state index in [0.717, 1.165) is 12.8 Å². The Labute approximate surface area is 81.3 Å². The summed E-state index contributed by atoms with van der Waals surface area (Å²) in [6, 6.07) is 0. The van der Waals surface area contributed by atoms with Crippen molar-refractivity contribution in [2.45, 2.75) is 38.0 Å². The number of carboxylic acids is 1. The second kappa shape index (κ2) is 3.17. The molecule has 2 unspecified atom stereocenters. The molecule has 0 radical (unpaired) electrons. The minimum atomic E-state index is -2.76. The summed E-state index contributed by atoms with van der Waals surface area (Å²) < 4.78 is 26.0. The van der Waals surface area contributed by atoms with Gasteiger partial charge in [0.15, 0.2) is 0 Å². The van der Waals surface area contributed by atoms with Crippen LogP contribution in [0.3, 0.4) is 0 Å². The van der Waals surface area contributed by atoms with Gasteiger partial charge < -0.3 is 5.11 Å². The molecule has 0 heterocycles. The van der Waals surface area contributed by atoms with Crippen LogP contribution in [0.1, 0.15) is 32.1 Å². The number of aliphatic carboxylic acids is 1. The van der Waals surface area contributed by atoms with Crippen molar-refractivity contribution in [2.75, 3.05) is 0 Å². The minimum absolute atomic E-state index is 0.00660. The summed E-state index contributed by atoms with van der Waals surface area (Å²) in [6.45, 7) is 0. The summed E-state index contributed by atoms with van der Waals surface area (Å²) in [7, 11) is 0. The standard InChI is InChI=1S/C10H14F2O2/c11-10(12)4-3-7(6-1-2-6)8(5-10)9(13)14/h6-8H,1-5H2,(H,13,14). The van der Waals surface area contributed by atoms with Crippen molar-refractivity contribution in [3.05, 3.63) is 0 Å². The second-order valence-electron chi connectivity index (χ2n) is 4.54. The molecule has 80 valence electrons. The molecule has 0 aromatic heterocycles. The number of halogens is 2. The Morgan fingerprint density at radius 1 is 1.29 bits per heavy atom. The zero-order chi connectivity index (χ0) is 10.3. The van der Waals surface area contributed by atoms with Crippen LogP contribution in [0.5, 0.6) is 0 Å². The largest absolute Gasteiger partial charge is 0.481 e. The van der Waals surface area contributed by atoms with E-state index in [4.69, 9.17) is 5.11 Å². The normalized spacial score (nSPS) is 36.7. The van der Waals surface area contributed by atoms with E-state index in [1.165, 1.54) is 0 Å². The summed E-state index contributed by atoms with van der Waals surface area (Å²) in [5.41, 5.74) is 0. The molecule has 2 fully saturated rings. The van der Waals surface area contributed by atoms with E-state index in [1.54, 1.807) is 0 Å². The monoisotopic (exact) mass is 204 g/mol. The molecular weight excluding hydrogens is 190 g/mol. The molecule has 2 saturated carbocycles. The van der Waals surface area contributed by atoms with Gasteiger partial charge in [-0.2, -0.15) is 0 Å². The Balaban J connectivity index is 2.08. The third-order valence-corrected chi connectivity index (χ3v) is 3.42. The summed E-state index contributed by atoms with van der Waals surface area (Å²) in [4.78, 5) is 10.9. The molecule has 2 nitrogen and oxygen atoms in total. The Kier molecular flexibility index (Phi) is 2.24. The first-order chi connectivity index (χ1) is 6.49. The van der Waals surface area contributed by atoms with Crippen molar-refractivity contribution < 1.29 is 18.7 Å². The fourth-order valence-electron chi connectivity index (χ4n) is 2.51. The molecule has 0 saturated heterocycles. The topological polar surface area (TPSA) is 37.3 Å². The van der Waals surface area contributed by atoms with Crippen LogP contribution in [0.4, 0.5) is 8.78 Å². The lowest BCUT2D eigenvalue weighted by Gasteiger charge is -2.33. The average Bonchev–Trinajstić information content (AvgIpc) is 2.85. The van der Waals surface area contributed by atoms with Crippen molar-refractivity contribution in [3.63, 3.8) is 0 Å². The first kappa shape index (κ1) is 9.87. The smallest absolute Gasteiger partial charge is 0.307 e. The molecule has 2 atom stereocenters. The summed E-state index contributed by atoms with van der Waals surface area (Å²) >= 11 is 0. The molecule has 0 spiro atoms. The van der Waals surface area contributed by atoms with Gasteiger partial charge in [-0.25, -0.2) is 8.78 Å². The molecule has 1 N–H and O–H groups in total. The maximum Gasteiger partial charge on any atom is 0.307 e. The molecule has 0 amide bonds. The van der Waals surface area contributed by atoms with E-state index in [1.807, 2.05) is 0 Å². The SMILES string of the molecule is O=C(O)C1CC(F)(F)CCC1C1CC1. The van der Waals surface area contributed by atoms with E-state index in [2.05, 4.69) is 0 Å². The Hall–Kier alpha value is -0.670. The highest BCUT2D eigenvalue weighted by molar-refractivity contribution is 5.70. The van der Waals surface area contributed by atoms with Crippen LogP contribution in [-0.4, -0.2) is 17.0 Å². The van der Waals surface area contributed by atoms with Gasteiger partial charge in [-0.3, -0.25) is 4.79 Å². The van der Waals surface area contributed by atoms with Crippen LogP contribution in [0, 0.1) is 17.8 Å². The molecule has 0 aliphatic heterocycles. The first-order valence-corrected chi connectivity index (χ1v) is 5.10. The Bertz CT molecular complexity index is 249. The molecule has 2 aliphatic rings. The lowest BCUT2D eigenvalue weighted by molar-refractivity contribution is -0.154. The molecule has 4 heteroatoms. The van der Waals surface area contributed by atoms with Gasteiger partial charge in [0.25, 0.3) is 0 Å². The van der Waals surface area contributed by atoms with Gasteiger partial charge in [0.05, 0.1) is 5.92 Å². The van der Waals surface area contributed by atoms with E-state index in [0.29, 0.717) is 12.3 Å². The highest BCUT2D eigenvalue weighted by atomic mass is 19.3. The highest BCUT2D eigenvalue weighted by Gasteiger charge is 2.49. The third kappa shape index (κ3) is 1.88. The zero-order valence-electron chi connectivity index (χ0n) is 7.88. The maximum atomic E-state index is 13.0. The number of hydrogen-bond acceptors (Lipinski definition) is 1. The van der Waals surface area contributed by atoms with Crippen LogP contribution in [0.2, 0.25) is 0 Å². The predicted octanol–water partition coefficient (Wildman–Crippen LogP) is 2.53. The van der Waals surface area contributed by atoms with Crippen molar-refractivity contribution in [3.8, 4) is 0 Å². The van der Waals surface area contributed by atoms with Crippen LogP contribution in [-0.2, 0) is 4.79 Å². The fourth-order valence-corrected chi connectivity index (χ4v) is 2.51. The minimum Gasteiger partial charge on any atom is -0.481 e. The quantitative estimate of drug-likeness (QED) is 0.750. The molecule has 2 rings (SSSR count). The van der Waals surface area contributed by atoms with Crippen LogP contribution >= 0.6 is 0 Å². The van der Waals surface area contributed by atoms with E-state index < -0.39 is 24.2 Å². The average molecular weight is 204 g/mol. The van der Waals surface area contributed by atoms with Crippen molar-refractivity contribution in [1.29, 1.82) is 0 Å². The van der Waals surface area contributed by atoms with Crippen molar-refractivity contribution >= 4 is 5.97 Å². The van der Waals surface area contributed by atoms with Gasteiger partial charge in [-0.15, -0.1) is 0 Å². The summed E-state index contributed by atoms with van der Waals surface area (Å²) in [5.74, 6) is -4.19. The Morgan fingerprint density at radius 3 is 2.43 bits per heavy atom. The maximum absolute atomic E-state index is 13.0. The lowest BCUT2D eigenvalue weighted by Crippen LogP contribution is -2.37. The highest BCUT2D eigenvalue weighted by Crippen LogP contribution is 2.50. The molecular formula is C10H14F2O2. The molecule has 0 aromatic carbocycles. The summed E-state index contributed by atoms with van der Waals surface area (Å²) in [5, 5.41) is 8.88. The van der Waals surface area contributed by atoms with Gasteiger partial charge in [0.1, 0.15) is 0 Å². The van der Waals surface area contributed by atoms with Gasteiger partial charge >= 0.3 is 5.97 Å². The third-order valence-electron chi connectivity index (χ3n) is 3.42. The van der Waals surface area contributed by atoms with Crippen LogP contribution in [0.15, 0.2) is 0 Å². The molecule has 14 heavy (non-hydrogen) atoms. The van der Waals surface area contributed by atoms with Gasteiger partial charge in [0.2, 0.25) is 5.92 Å². The van der Waals surface area contributed by atoms with Gasteiger partial charge in [-0.1, -0.05) is 0 Å². The van der Waals surface area contributed by atoms with Crippen LogP contribution in [0.25, 0.3) is 0 Å². The Morgan fingerprint density at radius 2 is 1.93 bits per heavy atom. The molecule has 0 bridgehead atoms. The van der Waals surface area contributed by atoms with E-state index in [-0.39, 0.29) is 12.3 Å². The summed E-state index contributed by atoms with van der Waals surface area (Å²) in [6.07, 6.45) is 1.86. The zero-order valence-corrected chi connectivity index (χ0v) is 7.88. The predicted molar refractivity (Wildman–Crippen MR) is 46.1 cm³/mol. The second-order valence-corrected chi connectivity index (χ2v) is 4.54. The first-order valence-electron chi connectivity index (χ1n) is 5.10. The number of rotatable bonds is 2.